The second-order valence-corrected chi connectivity index (χ2v) is 4.86. The first-order valence-electron chi connectivity index (χ1n) is 7.64. The number of aryl methyl sites for hydroxylation is 1. The van der Waals surface area contributed by atoms with Crippen LogP contribution < -0.4 is 0 Å². The van der Waals surface area contributed by atoms with Crippen molar-refractivity contribution in [3.05, 3.63) is 48.0 Å². The van der Waals surface area contributed by atoms with Gasteiger partial charge < -0.3 is 9.47 Å². The van der Waals surface area contributed by atoms with E-state index in [1.54, 1.807) is 13.8 Å². The van der Waals surface area contributed by atoms with Crippen LogP contribution >= 0.6 is 0 Å². The molecule has 0 amide bonds. The maximum absolute atomic E-state index is 12.0. The fourth-order valence-corrected chi connectivity index (χ4v) is 2.27. The van der Waals surface area contributed by atoms with Gasteiger partial charge in [-0.05, 0) is 44.2 Å². The van der Waals surface area contributed by atoms with Gasteiger partial charge in [0.1, 0.15) is 0 Å². The molecule has 0 aliphatic heterocycles. The summed E-state index contributed by atoms with van der Waals surface area (Å²) in [5.74, 6) is -1.89. The van der Waals surface area contributed by atoms with Crippen LogP contribution in [0.25, 0.3) is 0 Å². The van der Waals surface area contributed by atoms with Gasteiger partial charge in [0.2, 0.25) is 0 Å². The van der Waals surface area contributed by atoms with Gasteiger partial charge in [0, 0.05) is 0 Å². The van der Waals surface area contributed by atoms with E-state index in [2.05, 4.69) is 6.58 Å². The predicted molar refractivity (Wildman–Crippen MR) is 85.4 cm³/mol. The Bertz CT molecular complexity index is 490. The first-order chi connectivity index (χ1) is 10.6. The molecule has 22 heavy (non-hydrogen) atoms. The van der Waals surface area contributed by atoms with E-state index in [-0.39, 0.29) is 13.2 Å². The van der Waals surface area contributed by atoms with E-state index in [1.165, 1.54) is 0 Å². The molecule has 0 saturated heterocycles. The van der Waals surface area contributed by atoms with Crippen molar-refractivity contribution in [1.29, 1.82) is 0 Å². The number of allylic oxidation sites excluding steroid dienone is 1. The van der Waals surface area contributed by atoms with E-state index < -0.39 is 17.9 Å². The number of benzene rings is 1. The molecule has 0 saturated carbocycles. The molecule has 1 aromatic rings. The summed E-state index contributed by atoms with van der Waals surface area (Å²) < 4.78 is 9.96. The lowest BCUT2D eigenvalue weighted by Gasteiger charge is -2.15. The summed E-state index contributed by atoms with van der Waals surface area (Å²) in [5, 5.41) is 0. The van der Waals surface area contributed by atoms with Gasteiger partial charge in [0.15, 0.2) is 5.92 Å². The van der Waals surface area contributed by atoms with Gasteiger partial charge >= 0.3 is 11.9 Å². The fourth-order valence-electron chi connectivity index (χ4n) is 2.27. The summed E-state index contributed by atoms with van der Waals surface area (Å²) in [6, 6.07) is 7.95. The molecule has 0 unspecified atom stereocenters. The van der Waals surface area contributed by atoms with Crippen LogP contribution in [0.1, 0.15) is 31.4 Å². The van der Waals surface area contributed by atoms with Gasteiger partial charge in [-0.25, -0.2) is 0 Å². The Morgan fingerprint density at radius 3 is 2.14 bits per heavy atom. The summed E-state index contributed by atoms with van der Waals surface area (Å²) in [6.07, 6.45) is 3.60. The van der Waals surface area contributed by atoms with Crippen LogP contribution in [-0.2, 0) is 31.9 Å². The van der Waals surface area contributed by atoms with Crippen LogP contribution in [0.5, 0.6) is 0 Å². The number of hydrogen-bond acceptors (Lipinski definition) is 4. The summed E-state index contributed by atoms with van der Waals surface area (Å²) >= 11 is 0. The second-order valence-electron chi connectivity index (χ2n) is 4.86. The number of carbonyl (C=O) groups excluding carboxylic acids is 2. The molecule has 0 bridgehead atoms. The van der Waals surface area contributed by atoms with Crippen molar-refractivity contribution in [2.45, 2.75) is 33.1 Å². The van der Waals surface area contributed by atoms with E-state index in [4.69, 9.17) is 9.47 Å². The normalized spacial score (nSPS) is 10.3. The smallest absolute Gasteiger partial charge is 0.320 e. The highest BCUT2D eigenvalue weighted by atomic mass is 16.6. The Morgan fingerprint density at radius 2 is 1.64 bits per heavy atom. The van der Waals surface area contributed by atoms with Crippen molar-refractivity contribution in [2.75, 3.05) is 13.2 Å². The van der Waals surface area contributed by atoms with Crippen LogP contribution in [-0.4, -0.2) is 25.2 Å². The Labute approximate surface area is 132 Å². The molecule has 1 aromatic carbocycles. The highest BCUT2D eigenvalue weighted by molar-refractivity contribution is 5.94. The minimum atomic E-state index is -0.864. The van der Waals surface area contributed by atoms with Crippen LogP contribution in [0.2, 0.25) is 0 Å². The Hall–Kier alpha value is -2.10. The molecule has 4 heteroatoms. The van der Waals surface area contributed by atoms with E-state index in [1.807, 2.05) is 30.3 Å². The van der Waals surface area contributed by atoms with Crippen molar-refractivity contribution in [3.63, 3.8) is 0 Å². The lowest BCUT2D eigenvalue weighted by Crippen LogP contribution is -2.28. The Morgan fingerprint density at radius 1 is 1.09 bits per heavy atom. The summed E-state index contributed by atoms with van der Waals surface area (Å²) in [6.45, 7) is 7.70. The third kappa shape index (κ3) is 5.35. The van der Waals surface area contributed by atoms with Crippen molar-refractivity contribution in [1.82, 2.24) is 0 Å². The Balaban J connectivity index is 2.80. The number of carbonyl (C=O) groups is 2. The molecule has 0 fully saturated rings. The van der Waals surface area contributed by atoms with Crippen LogP contribution in [0.3, 0.4) is 0 Å². The maximum Gasteiger partial charge on any atom is 0.320 e. The minimum Gasteiger partial charge on any atom is -0.465 e. The van der Waals surface area contributed by atoms with Crippen molar-refractivity contribution in [3.8, 4) is 0 Å². The molecule has 0 spiro atoms. The average Bonchev–Trinajstić information content (AvgIpc) is 2.50. The third-order valence-corrected chi connectivity index (χ3v) is 3.33. The highest BCUT2D eigenvalue weighted by Crippen LogP contribution is 2.17. The molecule has 1 rings (SSSR count). The third-order valence-electron chi connectivity index (χ3n) is 3.33. The van der Waals surface area contributed by atoms with Crippen LogP contribution in [0.15, 0.2) is 36.9 Å². The van der Waals surface area contributed by atoms with Crippen molar-refractivity contribution in [2.24, 2.45) is 5.92 Å². The van der Waals surface area contributed by atoms with Crippen molar-refractivity contribution < 1.29 is 19.1 Å². The standard InChI is InChI=1S/C18H24O4/c1-4-9-14-10-7-8-11-15(14)12-13-16(17(19)21-5-2)18(20)22-6-3/h4,7-8,10-11,16H,1,5-6,9,12-13H2,2-3H3. The molecule has 0 aliphatic rings. The average molecular weight is 304 g/mol. The lowest BCUT2D eigenvalue weighted by molar-refractivity contribution is -0.161. The van der Waals surface area contributed by atoms with Gasteiger partial charge in [-0.3, -0.25) is 9.59 Å². The van der Waals surface area contributed by atoms with Gasteiger partial charge in [0.25, 0.3) is 0 Å². The molecule has 0 radical (unpaired) electrons. The molecular weight excluding hydrogens is 280 g/mol. The zero-order chi connectivity index (χ0) is 16.4. The van der Waals surface area contributed by atoms with Crippen LogP contribution in [0, 0.1) is 5.92 Å². The van der Waals surface area contributed by atoms with Gasteiger partial charge in [-0.1, -0.05) is 30.3 Å². The first-order valence-corrected chi connectivity index (χ1v) is 7.64. The fraction of sp³-hybridized carbons (Fsp3) is 0.444. The number of ether oxygens (including phenoxy) is 2. The molecule has 0 aromatic heterocycles. The van der Waals surface area contributed by atoms with Gasteiger partial charge in [-0.2, -0.15) is 0 Å². The molecule has 120 valence electrons. The lowest BCUT2D eigenvalue weighted by atomic mass is 9.95. The molecule has 0 aliphatic carbocycles. The zero-order valence-electron chi connectivity index (χ0n) is 13.3. The van der Waals surface area contributed by atoms with E-state index in [0.717, 1.165) is 17.5 Å². The molecular formula is C18H24O4. The van der Waals surface area contributed by atoms with Gasteiger partial charge in [0.05, 0.1) is 13.2 Å². The monoisotopic (exact) mass is 304 g/mol. The van der Waals surface area contributed by atoms with E-state index in [0.29, 0.717) is 12.8 Å². The SMILES string of the molecule is C=CCc1ccccc1CCC(C(=O)OCC)C(=O)OCC. The number of rotatable bonds is 9. The molecule has 0 atom stereocenters. The quantitative estimate of drug-likeness (QED) is 0.400. The summed E-state index contributed by atoms with van der Waals surface area (Å²) in [4.78, 5) is 23.9. The molecule has 0 N–H and O–H groups in total. The largest absolute Gasteiger partial charge is 0.465 e. The first kappa shape index (κ1) is 18.0. The molecule has 4 nitrogen and oxygen atoms in total. The summed E-state index contributed by atoms with van der Waals surface area (Å²) in [7, 11) is 0. The van der Waals surface area contributed by atoms with Gasteiger partial charge in [-0.15, -0.1) is 6.58 Å². The number of hydrogen-bond donors (Lipinski definition) is 0. The number of esters is 2. The highest BCUT2D eigenvalue weighted by Gasteiger charge is 2.29. The summed E-state index contributed by atoms with van der Waals surface area (Å²) in [5.41, 5.74) is 2.27. The Kier molecular flexibility index (Phi) is 7.97. The zero-order valence-corrected chi connectivity index (χ0v) is 13.3. The predicted octanol–water partition coefficient (Wildman–Crippen LogP) is 3.09. The minimum absolute atomic E-state index is 0.252. The molecule has 0 heterocycles. The second kappa shape index (κ2) is 9.77. The van der Waals surface area contributed by atoms with Crippen molar-refractivity contribution >= 4 is 11.9 Å². The topological polar surface area (TPSA) is 52.6 Å². The van der Waals surface area contributed by atoms with Crippen LogP contribution in [0.4, 0.5) is 0 Å². The van der Waals surface area contributed by atoms with E-state index >= 15 is 0 Å². The van der Waals surface area contributed by atoms with E-state index in [9.17, 15) is 9.59 Å². The maximum atomic E-state index is 12.0.